The first-order valence-corrected chi connectivity index (χ1v) is 6.80. The van der Waals surface area contributed by atoms with Crippen molar-refractivity contribution < 1.29 is 9.84 Å². The molecule has 17 heavy (non-hydrogen) atoms. The second-order valence-electron chi connectivity index (χ2n) is 4.50. The molecule has 0 spiro atoms. The highest BCUT2D eigenvalue weighted by Gasteiger charge is 2.05. The second-order valence-corrected chi connectivity index (χ2v) is 5.60. The van der Waals surface area contributed by atoms with Crippen molar-refractivity contribution >= 4 is 17.4 Å². The Labute approximate surface area is 107 Å². The number of aliphatic hydroxyl groups excluding tert-OH is 1. The van der Waals surface area contributed by atoms with Crippen LogP contribution >= 0.6 is 11.8 Å². The van der Waals surface area contributed by atoms with Crippen LogP contribution in [0.1, 0.15) is 20.8 Å². The third kappa shape index (κ3) is 5.33. The fraction of sp³-hybridized carbons (Fsp3) is 0.538. The zero-order chi connectivity index (χ0) is 12.8. The monoisotopic (exact) mass is 255 g/mol. The molecule has 1 aromatic carbocycles. The molecule has 0 aliphatic rings. The molecule has 1 aromatic rings. The summed E-state index contributed by atoms with van der Waals surface area (Å²) in [4.78, 5) is 1.08. The molecule has 4 heteroatoms. The summed E-state index contributed by atoms with van der Waals surface area (Å²) in [5.41, 5.74) is 6.54. The number of rotatable bonds is 6. The second kappa shape index (κ2) is 6.77. The number of ether oxygens (including phenoxy) is 1. The molecule has 3 N–H and O–H groups in total. The van der Waals surface area contributed by atoms with E-state index in [0.717, 1.165) is 16.4 Å². The van der Waals surface area contributed by atoms with Crippen LogP contribution in [-0.2, 0) is 0 Å². The Balaban J connectivity index is 2.68. The van der Waals surface area contributed by atoms with Gasteiger partial charge in [0.15, 0.2) is 0 Å². The summed E-state index contributed by atoms with van der Waals surface area (Å²) in [5.74, 6) is 1.97. The molecule has 0 aliphatic carbocycles. The predicted molar refractivity (Wildman–Crippen MR) is 73.6 cm³/mol. The molecular formula is C13H21NO2S. The van der Waals surface area contributed by atoms with Gasteiger partial charge in [-0.3, -0.25) is 0 Å². The van der Waals surface area contributed by atoms with E-state index in [0.29, 0.717) is 5.69 Å². The van der Waals surface area contributed by atoms with Gasteiger partial charge in [-0.2, -0.15) is 0 Å². The fourth-order valence-electron chi connectivity index (χ4n) is 1.31. The third-order valence-electron chi connectivity index (χ3n) is 2.12. The lowest BCUT2D eigenvalue weighted by molar-refractivity contribution is 0.242. The molecule has 1 unspecified atom stereocenters. The van der Waals surface area contributed by atoms with Crippen molar-refractivity contribution in [2.24, 2.45) is 5.92 Å². The van der Waals surface area contributed by atoms with E-state index in [-0.39, 0.29) is 18.6 Å². The molecule has 0 saturated heterocycles. The van der Waals surface area contributed by atoms with E-state index >= 15 is 0 Å². The highest BCUT2D eigenvalue weighted by Crippen LogP contribution is 2.28. The van der Waals surface area contributed by atoms with Crippen LogP contribution in [0.4, 0.5) is 5.69 Å². The number of nitrogen functional groups attached to an aromatic ring is 1. The van der Waals surface area contributed by atoms with Gasteiger partial charge in [0.05, 0.1) is 6.10 Å². The number of nitrogens with two attached hydrogens (primary N) is 1. The van der Waals surface area contributed by atoms with Crippen molar-refractivity contribution in [2.45, 2.75) is 31.8 Å². The molecule has 0 saturated carbocycles. The van der Waals surface area contributed by atoms with E-state index in [2.05, 4.69) is 0 Å². The lowest BCUT2D eigenvalue weighted by Gasteiger charge is -2.13. The molecule has 0 bridgehead atoms. The molecule has 0 radical (unpaired) electrons. The van der Waals surface area contributed by atoms with Crippen LogP contribution < -0.4 is 10.5 Å². The predicted octanol–water partition coefficient (Wildman–Crippen LogP) is 2.78. The van der Waals surface area contributed by atoms with Crippen LogP contribution in [0.15, 0.2) is 23.1 Å². The SMILES string of the molecule is CC(CO)CSc1cc(N)cc(OC(C)C)c1. The molecular weight excluding hydrogens is 234 g/mol. The highest BCUT2D eigenvalue weighted by atomic mass is 32.2. The standard InChI is InChI=1S/C13H21NO2S/c1-9(2)16-12-4-11(14)5-13(6-12)17-8-10(3)7-15/h4-6,9-10,15H,7-8,14H2,1-3H3. The third-order valence-corrected chi connectivity index (χ3v) is 3.43. The summed E-state index contributed by atoms with van der Waals surface area (Å²) in [6.07, 6.45) is 0.144. The number of thioether (sulfide) groups is 1. The van der Waals surface area contributed by atoms with Crippen molar-refractivity contribution in [3.05, 3.63) is 18.2 Å². The molecule has 0 aliphatic heterocycles. The number of aliphatic hydroxyl groups is 1. The summed E-state index contributed by atoms with van der Waals surface area (Å²) in [6, 6.07) is 5.76. The number of hydrogen-bond donors (Lipinski definition) is 2. The van der Waals surface area contributed by atoms with Gasteiger partial charge in [0.1, 0.15) is 5.75 Å². The molecule has 96 valence electrons. The van der Waals surface area contributed by atoms with E-state index in [1.54, 1.807) is 11.8 Å². The van der Waals surface area contributed by atoms with Gasteiger partial charge in [0, 0.05) is 29.0 Å². The van der Waals surface area contributed by atoms with Gasteiger partial charge in [0.25, 0.3) is 0 Å². The lowest BCUT2D eigenvalue weighted by atomic mass is 10.2. The summed E-state index contributed by atoms with van der Waals surface area (Å²) in [6.45, 7) is 6.21. The van der Waals surface area contributed by atoms with Gasteiger partial charge in [-0.15, -0.1) is 11.8 Å². The Morgan fingerprint density at radius 1 is 1.29 bits per heavy atom. The van der Waals surface area contributed by atoms with Gasteiger partial charge in [-0.05, 0) is 31.9 Å². The minimum Gasteiger partial charge on any atom is -0.491 e. The topological polar surface area (TPSA) is 55.5 Å². The maximum atomic E-state index is 8.98. The largest absolute Gasteiger partial charge is 0.491 e. The summed E-state index contributed by atoms with van der Waals surface area (Å²) in [7, 11) is 0. The molecule has 1 rings (SSSR count). The van der Waals surface area contributed by atoms with E-state index in [4.69, 9.17) is 15.6 Å². The smallest absolute Gasteiger partial charge is 0.122 e. The first-order chi connectivity index (χ1) is 8.01. The normalized spacial score (nSPS) is 12.8. The first kappa shape index (κ1) is 14.2. The Kier molecular flexibility index (Phi) is 5.65. The lowest BCUT2D eigenvalue weighted by Crippen LogP contribution is -2.06. The van der Waals surface area contributed by atoms with Crippen molar-refractivity contribution in [3.63, 3.8) is 0 Å². The van der Waals surface area contributed by atoms with Crippen molar-refractivity contribution in [1.82, 2.24) is 0 Å². The Bertz CT molecular complexity index is 355. The van der Waals surface area contributed by atoms with Gasteiger partial charge >= 0.3 is 0 Å². The van der Waals surface area contributed by atoms with Crippen LogP contribution in [0.25, 0.3) is 0 Å². The van der Waals surface area contributed by atoms with Crippen molar-refractivity contribution in [3.8, 4) is 5.75 Å². The maximum absolute atomic E-state index is 8.98. The van der Waals surface area contributed by atoms with Crippen LogP contribution in [0.2, 0.25) is 0 Å². The van der Waals surface area contributed by atoms with E-state index < -0.39 is 0 Å². The van der Waals surface area contributed by atoms with Crippen LogP contribution in [0, 0.1) is 5.92 Å². The molecule has 1 atom stereocenters. The molecule has 0 aromatic heterocycles. The summed E-state index contributed by atoms with van der Waals surface area (Å²) < 4.78 is 5.63. The van der Waals surface area contributed by atoms with Crippen molar-refractivity contribution in [1.29, 1.82) is 0 Å². The first-order valence-electron chi connectivity index (χ1n) is 5.82. The average molecular weight is 255 g/mol. The molecule has 0 heterocycles. The van der Waals surface area contributed by atoms with Gasteiger partial charge in [-0.25, -0.2) is 0 Å². The zero-order valence-corrected chi connectivity index (χ0v) is 11.5. The van der Waals surface area contributed by atoms with Crippen molar-refractivity contribution in [2.75, 3.05) is 18.1 Å². The van der Waals surface area contributed by atoms with Crippen LogP contribution in [0.5, 0.6) is 5.75 Å². The Morgan fingerprint density at radius 3 is 2.59 bits per heavy atom. The van der Waals surface area contributed by atoms with E-state index in [1.165, 1.54) is 0 Å². The number of hydrogen-bond acceptors (Lipinski definition) is 4. The molecule has 0 amide bonds. The van der Waals surface area contributed by atoms with Gasteiger partial charge < -0.3 is 15.6 Å². The average Bonchev–Trinajstić information content (AvgIpc) is 2.24. The van der Waals surface area contributed by atoms with E-state index in [1.807, 2.05) is 39.0 Å². The van der Waals surface area contributed by atoms with Gasteiger partial charge in [0.2, 0.25) is 0 Å². The van der Waals surface area contributed by atoms with Gasteiger partial charge in [-0.1, -0.05) is 6.92 Å². The van der Waals surface area contributed by atoms with E-state index in [9.17, 15) is 0 Å². The summed E-state index contributed by atoms with van der Waals surface area (Å²) >= 11 is 1.69. The minimum absolute atomic E-state index is 0.144. The highest BCUT2D eigenvalue weighted by molar-refractivity contribution is 7.99. The minimum atomic E-state index is 0.144. The molecule has 3 nitrogen and oxygen atoms in total. The fourth-order valence-corrected chi connectivity index (χ4v) is 2.31. The zero-order valence-electron chi connectivity index (χ0n) is 10.6. The van der Waals surface area contributed by atoms with Crippen LogP contribution in [-0.4, -0.2) is 23.6 Å². The number of anilines is 1. The summed E-state index contributed by atoms with van der Waals surface area (Å²) in [5, 5.41) is 8.98. The Hall–Kier alpha value is -0.870. The maximum Gasteiger partial charge on any atom is 0.122 e. The Morgan fingerprint density at radius 2 is 2.00 bits per heavy atom. The van der Waals surface area contributed by atoms with Crippen LogP contribution in [0.3, 0.4) is 0 Å². The molecule has 0 fully saturated rings. The number of benzene rings is 1. The quantitative estimate of drug-likeness (QED) is 0.606.